The molecule has 0 bridgehead atoms. The summed E-state index contributed by atoms with van der Waals surface area (Å²) in [5, 5.41) is 10.5. The lowest BCUT2D eigenvalue weighted by Gasteiger charge is -2.07. The lowest BCUT2D eigenvalue weighted by atomic mass is 10.2. The van der Waals surface area contributed by atoms with Gasteiger partial charge in [-0.15, -0.1) is 0 Å². The van der Waals surface area contributed by atoms with E-state index < -0.39 is 0 Å². The van der Waals surface area contributed by atoms with Crippen LogP contribution in [0.2, 0.25) is 0 Å². The maximum absolute atomic E-state index is 11.8. The van der Waals surface area contributed by atoms with Gasteiger partial charge in [0.15, 0.2) is 0 Å². The molecule has 1 amide bonds. The second-order valence-corrected chi connectivity index (χ2v) is 4.51. The van der Waals surface area contributed by atoms with Gasteiger partial charge in [0.2, 0.25) is 5.91 Å². The van der Waals surface area contributed by atoms with Crippen molar-refractivity contribution >= 4 is 11.7 Å². The molecular formula is C12H20N4O. The van der Waals surface area contributed by atoms with Crippen molar-refractivity contribution in [2.45, 2.75) is 32.1 Å². The standard InChI is InChI=1S/C12H20N4O/c1-13-8-4-7-11(17)14-12-9-5-3-6-10(9)15-16(12)2/h13H,3-8H2,1-2H3,(H,14,17). The number of carbonyl (C=O) groups excluding carboxylic acids is 1. The molecule has 1 aliphatic rings. The zero-order chi connectivity index (χ0) is 12.3. The van der Waals surface area contributed by atoms with Crippen molar-refractivity contribution in [3.05, 3.63) is 11.3 Å². The maximum atomic E-state index is 11.8. The molecule has 0 aromatic carbocycles. The van der Waals surface area contributed by atoms with Gasteiger partial charge < -0.3 is 10.6 Å². The van der Waals surface area contributed by atoms with Crippen LogP contribution >= 0.6 is 0 Å². The number of carbonyl (C=O) groups is 1. The Morgan fingerprint density at radius 1 is 1.47 bits per heavy atom. The Morgan fingerprint density at radius 2 is 2.29 bits per heavy atom. The molecular weight excluding hydrogens is 216 g/mol. The molecule has 2 N–H and O–H groups in total. The third-order valence-corrected chi connectivity index (χ3v) is 3.16. The number of hydrogen-bond acceptors (Lipinski definition) is 3. The predicted molar refractivity (Wildman–Crippen MR) is 67.0 cm³/mol. The number of hydrogen-bond donors (Lipinski definition) is 2. The third-order valence-electron chi connectivity index (χ3n) is 3.16. The fourth-order valence-corrected chi connectivity index (χ4v) is 2.30. The molecule has 5 nitrogen and oxygen atoms in total. The van der Waals surface area contributed by atoms with Crippen LogP contribution in [0.3, 0.4) is 0 Å². The number of anilines is 1. The van der Waals surface area contributed by atoms with Gasteiger partial charge in [0.05, 0.1) is 5.69 Å². The van der Waals surface area contributed by atoms with E-state index in [1.54, 1.807) is 4.68 Å². The van der Waals surface area contributed by atoms with Crippen LogP contribution in [-0.2, 0) is 24.7 Å². The molecule has 0 saturated carbocycles. The van der Waals surface area contributed by atoms with Crippen molar-refractivity contribution in [3.8, 4) is 0 Å². The first-order valence-electron chi connectivity index (χ1n) is 6.21. The predicted octanol–water partition coefficient (Wildman–Crippen LogP) is 0.847. The first-order valence-corrected chi connectivity index (χ1v) is 6.21. The zero-order valence-electron chi connectivity index (χ0n) is 10.5. The van der Waals surface area contributed by atoms with Crippen LogP contribution < -0.4 is 10.6 Å². The molecule has 1 heterocycles. The maximum Gasteiger partial charge on any atom is 0.225 e. The number of aryl methyl sites for hydroxylation is 2. The molecule has 5 heteroatoms. The molecule has 0 fully saturated rings. The molecule has 17 heavy (non-hydrogen) atoms. The highest BCUT2D eigenvalue weighted by molar-refractivity contribution is 5.90. The van der Waals surface area contributed by atoms with Gasteiger partial charge in [0.1, 0.15) is 5.82 Å². The summed E-state index contributed by atoms with van der Waals surface area (Å²) in [6.45, 7) is 0.872. The zero-order valence-corrected chi connectivity index (χ0v) is 10.5. The Balaban J connectivity index is 1.96. The van der Waals surface area contributed by atoms with E-state index in [-0.39, 0.29) is 5.91 Å². The van der Waals surface area contributed by atoms with Crippen LogP contribution in [0.15, 0.2) is 0 Å². The SMILES string of the molecule is CNCCCC(=O)Nc1c2c(nn1C)CCC2. The van der Waals surface area contributed by atoms with E-state index in [4.69, 9.17) is 0 Å². The Kier molecular flexibility index (Phi) is 3.78. The van der Waals surface area contributed by atoms with E-state index in [1.165, 1.54) is 5.56 Å². The van der Waals surface area contributed by atoms with Crippen molar-refractivity contribution in [3.63, 3.8) is 0 Å². The minimum Gasteiger partial charge on any atom is -0.320 e. The summed E-state index contributed by atoms with van der Waals surface area (Å²) < 4.78 is 1.79. The van der Waals surface area contributed by atoms with Gasteiger partial charge in [0.25, 0.3) is 0 Å². The lowest BCUT2D eigenvalue weighted by Crippen LogP contribution is -2.17. The van der Waals surface area contributed by atoms with Crippen molar-refractivity contribution in [1.82, 2.24) is 15.1 Å². The van der Waals surface area contributed by atoms with Crippen LogP contribution in [0, 0.1) is 0 Å². The fraction of sp³-hybridized carbons (Fsp3) is 0.667. The highest BCUT2D eigenvalue weighted by Crippen LogP contribution is 2.27. The Hall–Kier alpha value is -1.36. The highest BCUT2D eigenvalue weighted by Gasteiger charge is 2.21. The molecule has 0 aliphatic heterocycles. The van der Waals surface area contributed by atoms with Crippen molar-refractivity contribution in [2.75, 3.05) is 18.9 Å². The Labute approximate surface area is 102 Å². The Bertz CT molecular complexity index is 411. The second-order valence-electron chi connectivity index (χ2n) is 4.51. The molecule has 1 aromatic rings. The number of aromatic nitrogens is 2. The summed E-state index contributed by atoms with van der Waals surface area (Å²) in [5.41, 5.74) is 2.38. The molecule has 0 spiro atoms. The minimum absolute atomic E-state index is 0.0814. The van der Waals surface area contributed by atoms with Gasteiger partial charge in [-0.2, -0.15) is 5.10 Å². The van der Waals surface area contributed by atoms with Gasteiger partial charge in [-0.25, -0.2) is 0 Å². The molecule has 0 unspecified atom stereocenters. The third kappa shape index (κ3) is 2.66. The van der Waals surface area contributed by atoms with Crippen molar-refractivity contribution in [2.24, 2.45) is 7.05 Å². The van der Waals surface area contributed by atoms with E-state index >= 15 is 0 Å². The molecule has 0 atom stereocenters. The first kappa shape index (κ1) is 12.1. The van der Waals surface area contributed by atoms with Gasteiger partial charge in [-0.3, -0.25) is 9.48 Å². The summed E-state index contributed by atoms with van der Waals surface area (Å²) in [6.07, 6.45) is 4.65. The van der Waals surface area contributed by atoms with Crippen LogP contribution in [0.4, 0.5) is 5.82 Å². The minimum atomic E-state index is 0.0814. The number of amides is 1. The molecule has 1 aliphatic carbocycles. The van der Waals surface area contributed by atoms with Crippen LogP contribution in [0.1, 0.15) is 30.5 Å². The second kappa shape index (κ2) is 5.31. The summed E-state index contributed by atoms with van der Waals surface area (Å²) >= 11 is 0. The van der Waals surface area contributed by atoms with Crippen LogP contribution in [0.25, 0.3) is 0 Å². The average Bonchev–Trinajstić information content (AvgIpc) is 2.83. The summed E-state index contributed by atoms with van der Waals surface area (Å²) in [4.78, 5) is 11.8. The van der Waals surface area contributed by atoms with E-state index in [2.05, 4.69) is 15.7 Å². The topological polar surface area (TPSA) is 59.0 Å². The smallest absolute Gasteiger partial charge is 0.225 e. The summed E-state index contributed by atoms with van der Waals surface area (Å²) in [7, 11) is 3.79. The van der Waals surface area contributed by atoms with Crippen molar-refractivity contribution in [1.29, 1.82) is 0 Å². The number of rotatable bonds is 5. The summed E-state index contributed by atoms with van der Waals surface area (Å²) in [6, 6.07) is 0. The molecule has 94 valence electrons. The van der Waals surface area contributed by atoms with E-state index in [1.807, 2.05) is 14.1 Å². The van der Waals surface area contributed by atoms with Gasteiger partial charge in [-0.05, 0) is 39.3 Å². The molecule has 2 rings (SSSR count). The van der Waals surface area contributed by atoms with Crippen molar-refractivity contribution < 1.29 is 4.79 Å². The van der Waals surface area contributed by atoms with Gasteiger partial charge >= 0.3 is 0 Å². The molecule has 1 aromatic heterocycles. The molecule has 0 radical (unpaired) electrons. The van der Waals surface area contributed by atoms with Crippen LogP contribution in [0.5, 0.6) is 0 Å². The average molecular weight is 236 g/mol. The van der Waals surface area contributed by atoms with E-state index in [0.29, 0.717) is 6.42 Å². The van der Waals surface area contributed by atoms with E-state index in [0.717, 1.165) is 43.7 Å². The van der Waals surface area contributed by atoms with Gasteiger partial charge in [0, 0.05) is 19.0 Å². The largest absolute Gasteiger partial charge is 0.320 e. The van der Waals surface area contributed by atoms with Crippen LogP contribution in [-0.4, -0.2) is 29.3 Å². The summed E-state index contributed by atoms with van der Waals surface area (Å²) in [5.74, 6) is 0.977. The number of nitrogens with zero attached hydrogens (tertiary/aromatic N) is 2. The fourth-order valence-electron chi connectivity index (χ4n) is 2.30. The normalized spacial score (nSPS) is 13.8. The highest BCUT2D eigenvalue weighted by atomic mass is 16.1. The Morgan fingerprint density at radius 3 is 3.06 bits per heavy atom. The van der Waals surface area contributed by atoms with Gasteiger partial charge in [-0.1, -0.05) is 0 Å². The number of nitrogens with one attached hydrogen (secondary N) is 2. The lowest BCUT2D eigenvalue weighted by molar-refractivity contribution is -0.116. The van der Waals surface area contributed by atoms with E-state index in [9.17, 15) is 4.79 Å². The molecule has 0 saturated heterocycles. The first-order chi connectivity index (χ1) is 8.22. The number of fused-ring (bicyclic) bond motifs is 1. The quantitative estimate of drug-likeness (QED) is 0.745. The monoisotopic (exact) mass is 236 g/mol.